The second-order valence-corrected chi connectivity index (χ2v) is 4.89. The summed E-state index contributed by atoms with van der Waals surface area (Å²) in [7, 11) is 0. The summed E-state index contributed by atoms with van der Waals surface area (Å²) in [5.74, 6) is 1.06. The van der Waals surface area contributed by atoms with Crippen molar-refractivity contribution in [3.8, 4) is 0 Å². The lowest BCUT2D eigenvalue weighted by molar-refractivity contribution is 0.158. The summed E-state index contributed by atoms with van der Waals surface area (Å²) in [6.45, 7) is 2.74. The quantitative estimate of drug-likeness (QED) is 0.676. The fourth-order valence-corrected chi connectivity index (χ4v) is 2.84. The average molecular weight is 232 g/mol. The topological polar surface area (TPSA) is 3.24 Å². The Hall–Kier alpha value is 0.440. The molecule has 2 fully saturated rings. The number of piperidine rings is 1. The van der Waals surface area contributed by atoms with Crippen molar-refractivity contribution in [1.29, 1.82) is 0 Å². The Morgan fingerprint density at radius 1 is 1.17 bits per heavy atom. The molecule has 1 saturated heterocycles. The van der Waals surface area contributed by atoms with E-state index in [9.17, 15) is 0 Å². The first-order chi connectivity index (χ1) is 5.90. The maximum absolute atomic E-state index is 3.62. The third-order valence-corrected chi connectivity index (χ3v) is 3.86. The highest BCUT2D eigenvalue weighted by atomic mass is 79.9. The van der Waals surface area contributed by atoms with Gasteiger partial charge >= 0.3 is 0 Å². The van der Waals surface area contributed by atoms with Crippen molar-refractivity contribution in [1.82, 2.24) is 4.90 Å². The third-order valence-electron chi connectivity index (χ3n) is 3.12. The van der Waals surface area contributed by atoms with Gasteiger partial charge in [0.2, 0.25) is 0 Å². The van der Waals surface area contributed by atoms with E-state index in [-0.39, 0.29) is 0 Å². The molecule has 12 heavy (non-hydrogen) atoms. The Morgan fingerprint density at radius 3 is 2.67 bits per heavy atom. The molecule has 0 N–H and O–H groups in total. The predicted octanol–water partition coefficient (Wildman–Crippen LogP) is 2.65. The van der Waals surface area contributed by atoms with Crippen LogP contribution in [-0.2, 0) is 0 Å². The monoisotopic (exact) mass is 231 g/mol. The standard InChI is InChI=1S/C10H18BrN/c11-7-10-3-1-2-6-12(10)8-9-4-5-9/h9-10H,1-8H2/t10-/m0/s1. The van der Waals surface area contributed by atoms with Crippen LogP contribution in [0.5, 0.6) is 0 Å². The summed E-state index contributed by atoms with van der Waals surface area (Å²) >= 11 is 3.62. The maximum Gasteiger partial charge on any atom is 0.0192 e. The first-order valence-electron chi connectivity index (χ1n) is 5.20. The van der Waals surface area contributed by atoms with Crippen LogP contribution in [0.2, 0.25) is 0 Å². The predicted molar refractivity (Wildman–Crippen MR) is 55.7 cm³/mol. The van der Waals surface area contributed by atoms with E-state index in [1.54, 1.807) is 0 Å². The van der Waals surface area contributed by atoms with Crippen LogP contribution in [0.1, 0.15) is 32.1 Å². The minimum atomic E-state index is 0.847. The van der Waals surface area contributed by atoms with E-state index in [2.05, 4.69) is 20.8 Å². The lowest BCUT2D eigenvalue weighted by Crippen LogP contribution is -2.41. The van der Waals surface area contributed by atoms with E-state index in [0.29, 0.717) is 0 Å². The lowest BCUT2D eigenvalue weighted by atomic mass is 10.0. The summed E-state index contributed by atoms with van der Waals surface area (Å²) in [6, 6.07) is 0.847. The first kappa shape index (κ1) is 9.01. The van der Waals surface area contributed by atoms with E-state index >= 15 is 0 Å². The van der Waals surface area contributed by atoms with Gasteiger partial charge in [-0.15, -0.1) is 0 Å². The van der Waals surface area contributed by atoms with Crippen molar-refractivity contribution in [2.75, 3.05) is 18.4 Å². The van der Waals surface area contributed by atoms with Crippen molar-refractivity contribution in [3.63, 3.8) is 0 Å². The van der Waals surface area contributed by atoms with Gasteiger partial charge in [-0.3, -0.25) is 4.90 Å². The largest absolute Gasteiger partial charge is 0.299 e. The van der Waals surface area contributed by atoms with Crippen LogP contribution in [0.15, 0.2) is 0 Å². The minimum Gasteiger partial charge on any atom is -0.299 e. The smallest absolute Gasteiger partial charge is 0.0192 e. The molecule has 1 aliphatic heterocycles. The zero-order valence-electron chi connectivity index (χ0n) is 7.64. The second-order valence-electron chi connectivity index (χ2n) is 4.24. The number of hydrogen-bond donors (Lipinski definition) is 0. The Kier molecular flexibility index (Phi) is 3.08. The van der Waals surface area contributed by atoms with Crippen LogP contribution >= 0.6 is 15.9 Å². The van der Waals surface area contributed by atoms with E-state index < -0.39 is 0 Å². The van der Waals surface area contributed by atoms with Crippen LogP contribution in [-0.4, -0.2) is 29.4 Å². The van der Waals surface area contributed by atoms with E-state index in [0.717, 1.165) is 12.0 Å². The normalized spacial score (nSPS) is 32.2. The maximum atomic E-state index is 3.62. The van der Waals surface area contributed by atoms with Gasteiger partial charge in [-0.2, -0.15) is 0 Å². The molecule has 1 heterocycles. The Bertz CT molecular complexity index is 145. The zero-order valence-corrected chi connectivity index (χ0v) is 9.22. The van der Waals surface area contributed by atoms with Crippen molar-refractivity contribution >= 4 is 15.9 Å². The fraction of sp³-hybridized carbons (Fsp3) is 1.00. The van der Waals surface area contributed by atoms with Crippen molar-refractivity contribution in [3.05, 3.63) is 0 Å². The Labute approximate surface area is 83.6 Å². The summed E-state index contributed by atoms with van der Waals surface area (Å²) in [6.07, 6.45) is 7.27. The first-order valence-corrected chi connectivity index (χ1v) is 6.32. The molecule has 1 aliphatic carbocycles. The van der Waals surface area contributed by atoms with Gasteiger partial charge < -0.3 is 0 Å². The molecule has 1 nitrogen and oxygen atoms in total. The lowest BCUT2D eigenvalue weighted by Gasteiger charge is -2.34. The molecule has 0 radical (unpaired) electrons. The van der Waals surface area contributed by atoms with Gasteiger partial charge in [0.05, 0.1) is 0 Å². The molecule has 1 atom stereocenters. The van der Waals surface area contributed by atoms with Crippen LogP contribution in [0, 0.1) is 5.92 Å². The molecule has 0 aromatic rings. The van der Waals surface area contributed by atoms with Crippen molar-refractivity contribution < 1.29 is 0 Å². The number of halogens is 1. The van der Waals surface area contributed by atoms with Gasteiger partial charge in [0, 0.05) is 17.9 Å². The van der Waals surface area contributed by atoms with Gasteiger partial charge in [-0.1, -0.05) is 22.4 Å². The number of nitrogens with zero attached hydrogens (tertiary/aromatic N) is 1. The van der Waals surface area contributed by atoms with Gasteiger partial charge in [0.1, 0.15) is 0 Å². The van der Waals surface area contributed by atoms with Crippen LogP contribution in [0.3, 0.4) is 0 Å². The molecule has 0 aromatic carbocycles. The molecule has 0 amide bonds. The SMILES string of the molecule is BrC[C@@H]1CCCCN1CC1CC1. The number of hydrogen-bond acceptors (Lipinski definition) is 1. The van der Waals surface area contributed by atoms with Crippen molar-refractivity contribution in [2.24, 2.45) is 5.92 Å². The summed E-state index contributed by atoms with van der Waals surface area (Å²) < 4.78 is 0. The molecule has 70 valence electrons. The number of rotatable bonds is 3. The molecule has 0 unspecified atom stereocenters. The minimum absolute atomic E-state index is 0.847. The second kappa shape index (κ2) is 4.10. The molecule has 2 aliphatic rings. The van der Waals surface area contributed by atoms with Crippen molar-refractivity contribution in [2.45, 2.75) is 38.1 Å². The third kappa shape index (κ3) is 2.23. The van der Waals surface area contributed by atoms with Gasteiger partial charge in [0.15, 0.2) is 0 Å². The molecule has 0 spiro atoms. The summed E-state index contributed by atoms with van der Waals surface area (Å²) in [5, 5.41) is 1.18. The van der Waals surface area contributed by atoms with Crippen LogP contribution < -0.4 is 0 Å². The molecular formula is C10H18BrN. The molecule has 0 aromatic heterocycles. The summed E-state index contributed by atoms with van der Waals surface area (Å²) in [4.78, 5) is 2.70. The fourth-order valence-electron chi connectivity index (χ4n) is 2.11. The number of alkyl halides is 1. The summed E-state index contributed by atoms with van der Waals surface area (Å²) in [5.41, 5.74) is 0. The molecule has 1 saturated carbocycles. The number of likely N-dealkylation sites (tertiary alicyclic amines) is 1. The van der Waals surface area contributed by atoms with Crippen LogP contribution in [0.4, 0.5) is 0 Å². The van der Waals surface area contributed by atoms with E-state index in [1.807, 2.05) is 0 Å². The molecular weight excluding hydrogens is 214 g/mol. The highest BCUT2D eigenvalue weighted by Gasteiger charge is 2.28. The highest BCUT2D eigenvalue weighted by Crippen LogP contribution is 2.32. The van der Waals surface area contributed by atoms with Gasteiger partial charge in [-0.25, -0.2) is 0 Å². The Morgan fingerprint density at radius 2 is 2.00 bits per heavy atom. The zero-order chi connectivity index (χ0) is 8.39. The average Bonchev–Trinajstić information content (AvgIpc) is 2.89. The van der Waals surface area contributed by atoms with E-state index in [1.165, 1.54) is 50.5 Å². The molecule has 2 rings (SSSR count). The van der Waals surface area contributed by atoms with E-state index in [4.69, 9.17) is 0 Å². The van der Waals surface area contributed by atoms with Gasteiger partial charge in [0.25, 0.3) is 0 Å². The molecule has 0 bridgehead atoms. The highest BCUT2D eigenvalue weighted by molar-refractivity contribution is 9.09. The van der Waals surface area contributed by atoms with Crippen LogP contribution in [0.25, 0.3) is 0 Å². The van der Waals surface area contributed by atoms with Gasteiger partial charge in [-0.05, 0) is 38.1 Å². The molecule has 2 heteroatoms. The Balaban J connectivity index is 1.81.